The normalized spacial score (nSPS) is 17.5. The van der Waals surface area contributed by atoms with Crippen LogP contribution in [0, 0.1) is 0 Å². The Bertz CT molecular complexity index is 1290. The molecule has 3 aromatic rings. The molecule has 35 heavy (non-hydrogen) atoms. The lowest BCUT2D eigenvalue weighted by molar-refractivity contribution is -0.132. The molecule has 1 fully saturated rings. The fourth-order valence-corrected chi connectivity index (χ4v) is 4.18. The molecule has 4 rings (SSSR count). The van der Waals surface area contributed by atoms with E-state index in [1.807, 2.05) is 24.3 Å². The Morgan fingerprint density at radius 1 is 0.971 bits per heavy atom. The van der Waals surface area contributed by atoms with Crippen LogP contribution < -0.4 is 14.4 Å². The molecular formula is C28H28N2O5. The van der Waals surface area contributed by atoms with Gasteiger partial charge >= 0.3 is 0 Å². The maximum absolute atomic E-state index is 13.3. The maximum atomic E-state index is 13.3. The number of carbonyl (C=O) groups excluding carboxylic acids is 2. The molecule has 0 bridgehead atoms. The number of aliphatic hydroxyl groups is 1. The molecule has 0 aliphatic carbocycles. The van der Waals surface area contributed by atoms with Gasteiger partial charge in [0.05, 0.1) is 31.1 Å². The molecule has 2 heterocycles. The highest BCUT2D eigenvalue weighted by Crippen LogP contribution is 2.43. The minimum Gasteiger partial charge on any atom is -0.507 e. The predicted octanol–water partition coefficient (Wildman–Crippen LogP) is 5.02. The number of aliphatic hydroxyl groups excluding tert-OH is 1. The second-order valence-electron chi connectivity index (χ2n) is 9.29. The predicted molar refractivity (Wildman–Crippen MR) is 134 cm³/mol. The summed E-state index contributed by atoms with van der Waals surface area (Å²) in [6.45, 7) is 6.30. The summed E-state index contributed by atoms with van der Waals surface area (Å²) in [5, 5.41) is 11.4. The number of hydrogen-bond acceptors (Lipinski definition) is 6. The fourth-order valence-electron chi connectivity index (χ4n) is 4.18. The summed E-state index contributed by atoms with van der Waals surface area (Å²) < 4.78 is 10.7. The van der Waals surface area contributed by atoms with Crippen molar-refractivity contribution in [1.29, 1.82) is 0 Å². The van der Waals surface area contributed by atoms with Crippen LogP contribution in [0.1, 0.15) is 43.6 Å². The molecule has 7 nitrogen and oxygen atoms in total. The first-order valence-electron chi connectivity index (χ1n) is 11.2. The quantitative estimate of drug-likeness (QED) is 0.319. The van der Waals surface area contributed by atoms with Crippen molar-refractivity contribution in [2.24, 2.45) is 0 Å². The van der Waals surface area contributed by atoms with Gasteiger partial charge in [-0.3, -0.25) is 19.5 Å². The monoisotopic (exact) mass is 472 g/mol. The maximum Gasteiger partial charge on any atom is 0.300 e. The lowest BCUT2D eigenvalue weighted by atomic mass is 9.87. The number of carbonyl (C=O) groups is 2. The van der Waals surface area contributed by atoms with Crippen LogP contribution in [0.3, 0.4) is 0 Å². The number of nitrogens with zero attached hydrogens (tertiary/aromatic N) is 2. The number of ketones is 1. The molecule has 0 radical (unpaired) electrons. The van der Waals surface area contributed by atoms with Crippen LogP contribution in [0.5, 0.6) is 11.5 Å². The van der Waals surface area contributed by atoms with Gasteiger partial charge in [0, 0.05) is 18.0 Å². The number of amides is 1. The molecule has 1 unspecified atom stereocenters. The van der Waals surface area contributed by atoms with Crippen molar-refractivity contribution in [3.63, 3.8) is 0 Å². The van der Waals surface area contributed by atoms with Gasteiger partial charge in [-0.1, -0.05) is 39.0 Å². The lowest BCUT2D eigenvalue weighted by Crippen LogP contribution is -2.30. The first-order chi connectivity index (χ1) is 16.7. The van der Waals surface area contributed by atoms with Crippen molar-refractivity contribution < 1.29 is 24.2 Å². The molecule has 1 aromatic heterocycles. The number of hydrogen-bond donors (Lipinski definition) is 1. The van der Waals surface area contributed by atoms with Crippen LogP contribution >= 0.6 is 0 Å². The van der Waals surface area contributed by atoms with Gasteiger partial charge in [0.2, 0.25) is 0 Å². The summed E-state index contributed by atoms with van der Waals surface area (Å²) in [4.78, 5) is 32.5. The van der Waals surface area contributed by atoms with E-state index >= 15 is 0 Å². The third kappa shape index (κ3) is 4.37. The van der Waals surface area contributed by atoms with Gasteiger partial charge in [0.25, 0.3) is 11.7 Å². The molecule has 1 saturated heterocycles. The van der Waals surface area contributed by atoms with Gasteiger partial charge < -0.3 is 14.6 Å². The van der Waals surface area contributed by atoms with Crippen molar-refractivity contribution in [2.45, 2.75) is 32.2 Å². The zero-order valence-corrected chi connectivity index (χ0v) is 20.4. The van der Waals surface area contributed by atoms with Gasteiger partial charge in [-0.05, 0) is 47.4 Å². The number of rotatable bonds is 5. The average Bonchev–Trinajstić information content (AvgIpc) is 3.13. The number of methoxy groups -OCH3 is 2. The summed E-state index contributed by atoms with van der Waals surface area (Å²) in [6, 6.07) is 16.7. The number of pyridine rings is 1. The van der Waals surface area contributed by atoms with E-state index in [1.54, 1.807) is 42.6 Å². The standard InChI is InChI=1S/C28H28N2O5/c1-28(2,3)17-9-11-18(12-10-17)30-24(21-8-6-7-15-29-21)23(26(32)27(30)33)25(31)20-14-13-19(34-4)16-22(20)35-5/h6-16,24,31H,1-5H3/b25-23-. The number of Topliss-reactive ketones (excluding diaryl/α,β-unsaturated/α-hetero) is 1. The smallest absolute Gasteiger partial charge is 0.300 e. The zero-order valence-electron chi connectivity index (χ0n) is 20.4. The van der Waals surface area contributed by atoms with E-state index < -0.39 is 17.7 Å². The highest BCUT2D eigenvalue weighted by molar-refractivity contribution is 6.51. The Morgan fingerprint density at radius 3 is 2.26 bits per heavy atom. The SMILES string of the molecule is COc1ccc(/C(O)=C2/C(=O)C(=O)N(c3ccc(C(C)(C)C)cc3)C2c2ccccn2)c(OC)c1. The van der Waals surface area contributed by atoms with E-state index in [9.17, 15) is 14.7 Å². The van der Waals surface area contributed by atoms with Gasteiger partial charge in [0.1, 0.15) is 23.3 Å². The van der Waals surface area contributed by atoms with Crippen molar-refractivity contribution in [3.05, 3.63) is 89.3 Å². The third-order valence-corrected chi connectivity index (χ3v) is 6.09. The molecule has 0 spiro atoms. The number of anilines is 1. The van der Waals surface area contributed by atoms with E-state index in [1.165, 1.54) is 19.1 Å². The molecule has 1 N–H and O–H groups in total. The fraction of sp³-hybridized carbons (Fsp3) is 0.250. The van der Waals surface area contributed by atoms with Crippen LogP contribution in [0.15, 0.2) is 72.4 Å². The zero-order chi connectivity index (χ0) is 25.3. The van der Waals surface area contributed by atoms with Gasteiger partial charge in [-0.15, -0.1) is 0 Å². The Hall–Kier alpha value is -4.13. The van der Waals surface area contributed by atoms with E-state index in [2.05, 4.69) is 25.8 Å². The van der Waals surface area contributed by atoms with E-state index in [0.29, 0.717) is 22.9 Å². The second-order valence-corrected chi connectivity index (χ2v) is 9.29. The summed E-state index contributed by atoms with van der Waals surface area (Å²) in [7, 11) is 2.98. The number of ether oxygens (including phenoxy) is 2. The molecular weight excluding hydrogens is 444 g/mol. The highest BCUT2D eigenvalue weighted by Gasteiger charge is 2.47. The molecule has 180 valence electrons. The van der Waals surface area contributed by atoms with Crippen LogP contribution in [0.2, 0.25) is 0 Å². The van der Waals surface area contributed by atoms with Gasteiger partial charge in [-0.2, -0.15) is 0 Å². The average molecular weight is 473 g/mol. The Balaban J connectivity index is 1.91. The molecule has 1 aliphatic rings. The summed E-state index contributed by atoms with van der Waals surface area (Å²) in [6.07, 6.45) is 1.59. The van der Waals surface area contributed by atoms with Crippen molar-refractivity contribution in [2.75, 3.05) is 19.1 Å². The van der Waals surface area contributed by atoms with Crippen LogP contribution in [0.25, 0.3) is 5.76 Å². The first-order valence-corrected chi connectivity index (χ1v) is 11.2. The molecule has 1 atom stereocenters. The van der Waals surface area contributed by atoms with Crippen molar-refractivity contribution in [1.82, 2.24) is 4.98 Å². The lowest BCUT2D eigenvalue weighted by Gasteiger charge is -2.26. The molecule has 1 amide bonds. The minimum atomic E-state index is -0.913. The Labute approximate surface area is 204 Å². The molecule has 2 aromatic carbocycles. The molecule has 7 heteroatoms. The van der Waals surface area contributed by atoms with Crippen molar-refractivity contribution in [3.8, 4) is 11.5 Å². The minimum absolute atomic E-state index is 0.0583. The van der Waals surface area contributed by atoms with Gasteiger partial charge in [-0.25, -0.2) is 0 Å². The van der Waals surface area contributed by atoms with E-state index in [-0.39, 0.29) is 22.3 Å². The Kier molecular flexibility index (Phi) is 6.35. The topological polar surface area (TPSA) is 89.0 Å². The number of benzene rings is 2. The third-order valence-electron chi connectivity index (χ3n) is 6.09. The van der Waals surface area contributed by atoms with Crippen LogP contribution in [0.4, 0.5) is 5.69 Å². The van der Waals surface area contributed by atoms with E-state index in [0.717, 1.165) is 5.56 Å². The highest BCUT2D eigenvalue weighted by atomic mass is 16.5. The molecule has 1 aliphatic heterocycles. The second kappa shape index (κ2) is 9.25. The van der Waals surface area contributed by atoms with Gasteiger partial charge in [0.15, 0.2) is 0 Å². The van der Waals surface area contributed by atoms with Crippen LogP contribution in [-0.4, -0.2) is 36.0 Å². The first kappa shape index (κ1) is 24.0. The molecule has 0 saturated carbocycles. The largest absolute Gasteiger partial charge is 0.507 e. The van der Waals surface area contributed by atoms with Crippen LogP contribution in [-0.2, 0) is 15.0 Å². The summed E-state index contributed by atoms with van der Waals surface area (Å²) in [5.74, 6) is -1.04. The number of aromatic nitrogens is 1. The Morgan fingerprint density at radius 2 is 1.69 bits per heavy atom. The van der Waals surface area contributed by atoms with Crippen molar-refractivity contribution >= 4 is 23.1 Å². The summed E-state index contributed by atoms with van der Waals surface area (Å²) in [5.41, 5.74) is 2.23. The summed E-state index contributed by atoms with van der Waals surface area (Å²) >= 11 is 0. The van der Waals surface area contributed by atoms with E-state index in [4.69, 9.17) is 9.47 Å².